The zero-order chi connectivity index (χ0) is 29.0. The molecule has 4 aromatic carbocycles. The molecule has 1 heterocycles. The third-order valence-corrected chi connectivity index (χ3v) is 8.37. The Labute approximate surface area is 232 Å². The zero-order valence-electron chi connectivity index (χ0n) is 22.1. The van der Waals surface area contributed by atoms with Gasteiger partial charge in [0.15, 0.2) is 0 Å². The number of nitrogens with zero attached hydrogens (tertiary/aromatic N) is 2. The van der Waals surface area contributed by atoms with Crippen molar-refractivity contribution in [2.75, 3.05) is 26.7 Å². The van der Waals surface area contributed by atoms with Gasteiger partial charge in [0.1, 0.15) is 11.6 Å². The van der Waals surface area contributed by atoms with E-state index in [9.17, 15) is 13.2 Å². The second-order valence-corrected chi connectivity index (χ2v) is 11.3. The van der Waals surface area contributed by atoms with E-state index in [1.807, 2.05) is 42.5 Å². The summed E-state index contributed by atoms with van der Waals surface area (Å²) in [5.74, 6) is -0.376. The lowest BCUT2D eigenvalue weighted by molar-refractivity contribution is -0.135. The molecule has 1 fully saturated rings. The molecule has 0 aliphatic carbocycles. The van der Waals surface area contributed by atoms with Crippen molar-refractivity contribution in [2.24, 2.45) is 5.73 Å². The Morgan fingerprint density at radius 2 is 1.60 bits per heavy atom. The van der Waals surface area contributed by atoms with E-state index in [-0.39, 0.29) is 29.7 Å². The number of ether oxygens (including phenoxy) is 1. The third-order valence-electron chi connectivity index (χ3n) is 6.53. The molecule has 0 radical (unpaired) electrons. The first-order chi connectivity index (χ1) is 19.0. The number of carboxylic acid groups (broad SMARTS) is 1. The number of aliphatic carboxylic acids is 1. The zero-order valence-corrected chi connectivity index (χ0v) is 22.9. The fourth-order valence-electron chi connectivity index (χ4n) is 4.48. The highest BCUT2D eigenvalue weighted by Crippen LogP contribution is 2.26. The van der Waals surface area contributed by atoms with Crippen molar-refractivity contribution in [2.45, 2.75) is 18.4 Å². The molecular formula is C29H30N4O6S. The molecule has 0 bridgehead atoms. The van der Waals surface area contributed by atoms with E-state index in [1.165, 1.54) is 4.31 Å². The normalized spacial score (nSPS) is 14.1. The molecule has 0 saturated carbocycles. The summed E-state index contributed by atoms with van der Waals surface area (Å²) in [5, 5.41) is 18.7. The number of nitrogen functional groups attached to an aromatic ring is 1. The number of hydrogen-bond acceptors (Lipinski definition) is 6. The van der Waals surface area contributed by atoms with Gasteiger partial charge in [-0.15, -0.1) is 0 Å². The number of fused-ring (bicyclic) bond motifs is 2. The van der Waals surface area contributed by atoms with Crippen LogP contribution in [0.4, 0.5) is 0 Å². The van der Waals surface area contributed by atoms with Gasteiger partial charge in [-0.3, -0.25) is 15.0 Å². The van der Waals surface area contributed by atoms with Gasteiger partial charge in [-0.05, 0) is 63.5 Å². The highest BCUT2D eigenvalue weighted by atomic mass is 32.2. The fourth-order valence-corrected chi connectivity index (χ4v) is 5.90. The summed E-state index contributed by atoms with van der Waals surface area (Å²) >= 11 is 0. The second-order valence-electron chi connectivity index (χ2n) is 9.36. The summed E-state index contributed by atoms with van der Waals surface area (Å²) < 4.78 is 33.1. The number of piperazine rings is 1. The van der Waals surface area contributed by atoms with Crippen LogP contribution in [0.3, 0.4) is 0 Å². The summed E-state index contributed by atoms with van der Waals surface area (Å²) in [6.07, 6.45) is 0. The van der Waals surface area contributed by atoms with Crippen molar-refractivity contribution in [3.8, 4) is 5.75 Å². The van der Waals surface area contributed by atoms with Gasteiger partial charge in [-0.25, -0.2) is 8.42 Å². The molecule has 5 rings (SSSR count). The van der Waals surface area contributed by atoms with Crippen molar-refractivity contribution < 1.29 is 27.9 Å². The van der Waals surface area contributed by atoms with Gasteiger partial charge in [-0.1, -0.05) is 36.4 Å². The Morgan fingerprint density at radius 1 is 0.950 bits per heavy atom. The average Bonchev–Trinajstić information content (AvgIpc) is 2.92. The highest BCUT2D eigenvalue weighted by molar-refractivity contribution is 7.89. The number of amidine groups is 1. The van der Waals surface area contributed by atoms with Gasteiger partial charge in [0.2, 0.25) is 15.9 Å². The molecule has 0 unspecified atom stereocenters. The largest absolute Gasteiger partial charge is 0.497 e. The molecule has 11 heteroatoms. The molecule has 0 spiro atoms. The Balaban J connectivity index is 0.000000867. The monoisotopic (exact) mass is 562 g/mol. The maximum atomic E-state index is 13.3. The lowest BCUT2D eigenvalue weighted by atomic mass is 10.0. The van der Waals surface area contributed by atoms with Crippen molar-refractivity contribution in [3.05, 3.63) is 83.9 Å². The lowest BCUT2D eigenvalue weighted by Crippen LogP contribution is -2.51. The van der Waals surface area contributed by atoms with Gasteiger partial charge in [0.25, 0.3) is 5.97 Å². The molecule has 0 aromatic heterocycles. The number of benzene rings is 4. The first-order valence-corrected chi connectivity index (χ1v) is 13.8. The van der Waals surface area contributed by atoms with Crippen LogP contribution in [-0.2, 0) is 26.2 Å². The predicted octanol–water partition coefficient (Wildman–Crippen LogP) is 3.41. The molecule has 1 amide bonds. The molecular weight excluding hydrogens is 532 g/mol. The maximum absolute atomic E-state index is 13.3. The second kappa shape index (κ2) is 11.7. The first-order valence-electron chi connectivity index (χ1n) is 12.4. The SMILES string of the molecule is CC(=O)O.COc1ccc2cc(S(=O)(=O)N3CCN(Cc4ccc5ccc(C(=N)N)cc5c4)C(=O)C3)ccc2c1. The molecule has 4 N–H and O–H groups in total. The van der Waals surface area contributed by atoms with Crippen molar-refractivity contribution in [1.82, 2.24) is 9.21 Å². The lowest BCUT2D eigenvalue weighted by Gasteiger charge is -2.33. The number of hydrogen-bond donors (Lipinski definition) is 3. The topological polar surface area (TPSA) is 154 Å². The predicted molar refractivity (Wildman–Crippen MR) is 153 cm³/mol. The number of nitrogens with one attached hydrogen (secondary N) is 1. The maximum Gasteiger partial charge on any atom is 0.300 e. The highest BCUT2D eigenvalue weighted by Gasteiger charge is 2.33. The van der Waals surface area contributed by atoms with Gasteiger partial charge < -0.3 is 20.5 Å². The fraction of sp³-hybridized carbons (Fsp3) is 0.207. The molecule has 208 valence electrons. The van der Waals surface area contributed by atoms with E-state index < -0.39 is 16.0 Å². The Morgan fingerprint density at radius 3 is 2.27 bits per heavy atom. The van der Waals surface area contributed by atoms with Crippen LogP contribution < -0.4 is 10.5 Å². The van der Waals surface area contributed by atoms with Crippen LogP contribution in [-0.4, -0.2) is 67.2 Å². The Bertz CT molecular complexity index is 1720. The van der Waals surface area contributed by atoms with Crippen LogP contribution >= 0.6 is 0 Å². The number of rotatable bonds is 6. The van der Waals surface area contributed by atoms with Crippen molar-refractivity contribution in [1.29, 1.82) is 5.41 Å². The van der Waals surface area contributed by atoms with Gasteiger partial charge in [-0.2, -0.15) is 4.31 Å². The summed E-state index contributed by atoms with van der Waals surface area (Å²) in [6, 6.07) is 21.9. The average molecular weight is 563 g/mol. The standard InChI is InChI=1S/C27H26N4O4S.C2H4O2/c1-35-24-8-6-21-15-25(9-7-20(21)14-24)36(33,34)31-11-10-30(26(32)17-31)16-18-2-3-19-4-5-22(27(28)29)13-23(19)12-18;1-2(3)4/h2-9,12-15H,10-11,16-17H2,1H3,(H3,28,29);1H3,(H,3,4). The van der Waals surface area contributed by atoms with E-state index in [1.54, 1.807) is 42.3 Å². The van der Waals surface area contributed by atoms with Crippen molar-refractivity contribution in [3.63, 3.8) is 0 Å². The van der Waals surface area contributed by atoms with Gasteiger partial charge in [0, 0.05) is 32.1 Å². The molecule has 10 nitrogen and oxygen atoms in total. The molecule has 1 aliphatic heterocycles. The van der Waals surface area contributed by atoms with Crippen LogP contribution in [0.1, 0.15) is 18.1 Å². The number of nitrogens with two attached hydrogens (primary N) is 1. The Kier molecular flexibility index (Phi) is 8.36. The van der Waals surface area contributed by atoms with Crippen LogP contribution in [0.25, 0.3) is 21.5 Å². The number of carbonyl (C=O) groups is 2. The minimum atomic E-state index is -3.82. The Hall–Kier alpha value is -4.48. The van der Waals surface area contributed by atoms with E-state index in [0.29, 0.717) is 24.4 Å². The van der Waals surface area contributed by atoms with Crippen LogP contribution in [0.15, 0.2) is 77.7 Å². The summed E-state index contributed by atoms with van der Waals surface area (Å²) in [5.41, 5.74) is 7.18. The summed E-state index contributed by atoms with van der Waals surface area (Å²) in [7, 11) is -2.23. The first kappa shape index (κ1) is 28.5. The number of amides is 1. The van der Waals surface area contributed by atoms with Crippen LogP contribution in [0.5, 0.6) is 5.75 Å². The molecule has 1 saturated heterocycles. The van der Waals surface area contributed by atoms with Gasteiger partial charge >= 0.3 is 0 Å². The number of methoxy groups -OCH3 is 1. The number of carbonyl (C=O) groups excluding carboxylic acids is 1. The number of carboxylic acids is 1. The van der Waals surface area contributed by atoms with E-state index in [4.69, 9.17) is 25.8 Å². The minimum Gasteiger partial charge on any atom is -0.497 e. The number of sulfonamides is 1. The quantitative estimate of drug-likeness (QED) is 0.240. The molecule has 1 aliphatic rings. The van der Waals surface area contributed by atoms with Gasteiger partial charge in [0.05, 0.1) is 18.6 Å². The van der Waals surface area contributed by atoms with Crippen LogP contribution in [0, 0.1) is 5.41 Å². The molecule has 0 atom stereocenters. The van der Waals surface area contributed by atoms with Crippen molar-refractivity contribution >= 4 is 49.3 Å². The van der Waals surface area contributed by atoms with Crippen LogP contribution in [0.2, 0.25) is 0 Å². The molecule has 4 aromatic rings. The van der Waals surface area contributed by atoms with E-state index in [0.717, 1.165) is 34.0 Å². The smallest absolute Gasteiger partial charge is 0.300 e. The minimum absolute atomic E-state index is 0.000882. The molecule has 40 heavy (non-hydrogen) atoms. The third kappa shape index (κ3) is 6.38. The van der Waals surface area contributed by atoms with E-state index >= 15 is 0 Å². The summed E-state index contributed by atoms with van der Waals surface area (Å²) in [6.45, 7) is 1.78. The summed E-state index contributed by atoms with van der Waals surface area (Å²) in [4.78, 5) is 23.8. The van der Waals surface area contributed by atoms with E-state index in [2.05, 4.69) is 0 Å².